The molecule has 0 aliphatic rings. The zero-order valence-corrected chi connectivity index (χ0v) is 14.8. The maximum absolute atomic E-state index is 12.7. The minimum absolute atomic E-state index is 0.0279. The summed E-state index contributed by atoms with van der Waals surface area (Å²) in [4.78, 5) is 12.7. The second kappa shape index (κ2) is 5.78. The maximum Gasteiger partial charge on any atom is 0.275 e. The Hall–Kier alpha value is -1.63. The number of rotatable bonds is 3. The van der Waals surface area contributed by atoms with Crippen molar-refractivity contribution in [3.05, 3.63) is 61.0 Å². The molecule has 0 atom stereocenters. The predicted molar refractivity (Wildman–Crippen MR) is 102 cm³/mol. The Morgan fingerprint density at radius 1 is 1.17 bits per heavy atom. The quantitative estimate of drug-likeness (QED) is 0.525. The Morgan fingerprint density at radius 2 is 2.00 bits per heavy atom. The Kier molecular flexibility index (Phi) is 3.75. The van der Waals surface area contributed by atoms with Gasteiger partial charge in [-0.25, -0.2) is 4.68 Å². The third kappa shape index (κ3) is 2.51. The van der Waals surface area contributed by atoms with E-state index < -0.39 is 0 Å². The monoisotopic (exact) mass is 358 g/mol. The average molecular weight is 359 g/mol. The van der Waals surface area contributed by atoms with Gasteiger partial charge in [0.25, 0.3) is 5.56 Å². The number of halogens is 1. The van der Waals surface area contributed by atoms with Crippen molar-refractivity contribution < 1.29 is 0 Å². The summed E-state index contributed by atoms with van der Waals surface area (Å²) in [7, 11) is 2.06. The van der Waals surface area contributed by atoms with E-state index in [1.54, 1.807) is 27.4 Å². The van der Waals surface area contributed by atoms with Crippen molar-refractivity contribution >= 4 is 63.0 Å². The molecule has 0 fully saturated rings. The predicted octanol–water partition coefficient (Wildman–Crippen LogP) is 3.51. The molecule has 3 nitrogen and oxygen atoms in total. The minimum Gasteiger partial charge on any atom is -0.267 e. The molecule has 4 aromatic rings. The van der Waals surface area contributed by atoms with E-state index in [2.05, 4.69) is 18.3 Å². The number of fused-ring (bicyclic) bond motifs is 2. The molecule has 0 aliphatic heterocycles. The first-order valence-corrected chi connectivity index (χ1v) is 9.49. The van der Waals surface area contributed by atoms with Gasteiger partial charge in [-0.1, -0.05) is 11.6 Å². The summed E-state index contributed by atoms with van der Waals surface area (Å²) in [6.07, 6.45) is 0.809. The van der Waals surface area contributed by atoms with Crippen LogP contribution in [0.3, 0.4) is 0 Å². The fraction of sp³-hybridized carbons (Fsp3) is 0.125. The lowest BCUT2D eigenvalue weighted by molar-refractivity contribution is 0.640. The lowest BCUT2D eigenvalue weighted by Gasteiger charge is -2.08. The topological polar surface area (TPSA) is 34.9 Å². The largest absolute Gasteiger partial charge is 0.275 e. The lowest BCUT2D eigenvalue weighted by atomic mass is 9.99. The van der Waals surface area contributed by atoms with Crippen LogP contribution < -0.4 is 5.56 Å². The van der Waals surface area contributed by atoms with E-state index in [9.17, 15) is 4.79 Å². The van der Waals surface area contributed by atoms with E-state index in [-0.39, 0.29) is 5.56 Å². The minimum atomic E-state index is -0.0279. The summed E-state index contributed by atoms with van der Waals surface area (Å²) in [5.41, 5.74) is 2.02. The molecule has 0 unspecified atom stereocenters. The summed E-state index contributed by atoms with van der Waals surface area (Å²) in [5, 5.41) is 14.1. The molecule has 0 aliphatic carbocycles. The van der Waals surface area contributed by atoms with Crippen molar-refractivity contribution in [1.82, 2.24) is 9.78 Å². The van der Waals surface area contributed by atoms with Gasteiger partial charge in [-0.3, -0.25) is 4.79 Å². The molecule has 23 heavy (non-hydrogen) atoms. The van der Waals surface area contributed by atoms with Crippen LogP contribution >= 0.6 is 34.3 Å². The highest BCUT2D eigenvalue weighted by Gasteiger charge is 2.12. The van der Waals surface area contributed by atoms with Crippen molar-refractivity contribution in [3.8, 4) is 0 Å². The van der Waals surface area contributed by atoms with Crippen molar-refractivity contribution in [2.75, 3.05) is 0 Å². The molecule has 0 bridgehead atoms. The zero-order chi connectivity index (χ0) is 16.0. The van der Waals surface area contributed by atoms with Crippen LogP contribution in [0.2, 0.25) is 5.02 Å². The first-order chi connectivity index (χ1) is 11.2. The van der Waals surface area contributed by atoms with Gasteiger partial charge in [-0.2, -0.15) is 16.4 Å². The molecular weight excluding hydrogens is 347 g/mol. The molecule has 0 amide bonds. The maximum atomic E-state index is 12.7. The SMILES string of the molecule is BCc1nn(Cc2csc3ccc(Cl)cc23)c(=O)c2cscc12. The number of hydrogen-bond donors (Lipinski definition) is 0. The normalized spacial score (nSPS) is 11.5. The van der Waals surface area contributed by atoms with Crippen LogP contribution in [0.4, 0.5) is 0 Å². The number of benzene rings is 1. The fourth-order valence-electron chi connectivity index (χ4n) is 2.78. The van der Waals surface area contributed by atoms with Gasteiger partial charge in [-0.05, 0) is 40.8 Å². The Balaban J connectivity index is 1.87. The molecular formula is C16H12BClN2OS2. The molecule has 114 valence electrons. The van der Waals surface area contributed by atoms with Gasteiger partial charge in [0.05, 0.1) is 17.6 Å². The van der Waals surface area contributed by atoms with Crippen LogP contribution in [0.15, 0.2) is 39.1 Å². The van der Waals surface area contributed by atoms with Crippen LogP contribution in [0.1, 0.15) is 11.3 Å². The van der Waals surface area contributed by atoms with E-state index in [0.717, 1.165) is 33.7 Å². The van der Waals surface area contributed by atoms with Crippen LogP contribution in [-0.2, 0) is 12.9 Å². The zero-order valence-electron chi connectivity index (χ0n) is 12.4. The van der Waals surface area contributed by atoms with Crippen LogP contribution in [0, 0.1) is 0 Å². The Bertz CT molecular complexity index is 1080. The summed E-state index contributed by atoms with van der Waals surface area (Å²) in [6.45, 7) is 0.470. The highest BCUT2D eigenvalue weighted by molar-refractivity contribution is 7.17. The molecule has 0 saturated carbocycles. The second-order valence-corrected chi connectivity index (χ2v) is 7.45. The standard InChI is InChI=1S/C16H12BClN2OS2/c17-4-14-12-7-22-8-13(12)16(21)20(19-14)5-9-6-23-15-2-1-10(18)3-11(9)15/h1-3,6-8H,4-5,17H2. The Morgan fingerprint density at radius 3 is 2.83 bits per heavy atom. The summed E-state index contributed by atoms with van der Waals surface area (Å²) in [5.74, 6) is 0. The summed E-state index contributed by atoms with van der Waals surface area (Å²) >= 11 is 9.33. The van der Waals surface area contributed by atoms with Gasteiger partial charge in [0, 0.05) is 25.9 Å². The highest BCUT2D eigenvalue weighted by Crippen LogP contribution is 2.29. The van der Waals surface area contributed by atoms with Crippen molar-refractivity contribution in [2.45, 2.75) is 12.9 Å². The summed E-state index contributed by atoms with van der Waals surface area (Å²) < 4.78 is 2.75. The van der Waals surface area contributed by atoms with Crippen molar-refractivity contribution in [3.63, 3.8) is 0 Å². The molecule has 0 saturated heterocycles. The molecule has 4 rings (SSSR count). The van der Waals surface area contributed by atoms with Crippen LogP contribution in [0.25, 0.3) is 20.9 Å². The van der Waals surface area contributed by atoms with E-state index in [0.29, 0.717) is 11.6 Å². The first kappa shape index (κ1) is 14.9. The number of thiophene rings is 2. The molecule has 0 N–H and O–H groups in total. The van der Waals surface area contributed by atoms with E-state index in [1.807, 2.05) is 29.0 Å². The smallest absolute Gasteiger partial charge is 0.267 e. The third-order valence-corrected chi connectivity index (χ3v) is 5.94. The average Bonchev–Trinajstić information content (AvgIpc) is 3.18. The third-order valence-electron chi connectivity index (χ3n) is 3.95. The first-order valence-electron chi connectivity index (χ1n) is 7.29. The van der Waals surface area contributed by atoms with Gasteiger partial charge in [0.2, 0.25) is 0 Å². The van der Waals surface area contributed by atoms with Crippen molar-refractivity contribution in [2.24, 2.45) is 0 Å². The van der Waals surface area contributed by atoms with E-state index >= 15 is 0 Å². The van der Waals surface area contributed by atoms with E-state index in [1.165, 1.54) is 4.70 Å². The summed E-state index contributed by atoms with van der Waals surface area (Å²) in [6, 6.07) is 5.86. The molecule has 0 radical (unpaired) electrons. The van der Waals surface area contributed by atoms with Crippen LogP contribution in [0.5, 0.6) is 0 Å². The number of hydrogen-bond acceptors (Lipinski definition) is 4. The molecule has 3 heterocycles. The lowest BCUT2D eigenvalue weighted by Crippen LogP contribution is -2.24. The van der Waals surface area contributed by atoms with Crippen molar-refractivity contribution in [1.29, 1.82) is 0 Å². The van der Waals surface area contributed by atoms with Gasteiger partial charge < -0.3 is 0 Å². The molecule has 7 heteroatoms. The fourth-order valence-corrected chi connectivity index (χ4v) is 4.71. The van der Waals surface area contributed by atoms with E-state index in [4.69, 9.17) is 11.6 Å². The Labute approximate surface area is 146 Å². The van der Waals surface area contributed by atoms with Gasteiger partial charge in [0.15, 0.2) is 0 Å². The van der Waals surface area contributed by atoms with Gasteiger partial charge >= 0.3 is 0 Å². The number of nitrogens with zero attached hydrogens (tertiary/aromatic N) is 2. The molecule has 3 aromatic heterocycles. The number of aromatic nitrogens is 2. The van der Waals surface area contributed by atoms with Gasteiger partial charge in [0.1, 0.15) is 7.85 Å². The van der Waals surface area contributed by atoms with Crippen LogP contribution in [-0.4, -0.2) is 17.6 Å². The second-order valence-electron chi connectivity index (χ2n) is 5.36. The van der Waals surface area contributed by atoms with Gasteiger partial charge in [-0.15, -0.1) is 11.3 Å². The highest BCUT2D eigenvalue weighted by atomic mass is 35.5. The molecule has 0 spiro atoms. The molecule has 1 aromatic carbocycles.